The third-order valence-electron chi connectivity index (χ3n) is 2.51. The highest BCUT2D eigenvalue weighted by Gasteiger charge is 2.17. The first-order valence-corrected chi connectivity index (χ1v) is 6.38. The average Bonchev–Trinajstić information content (AvgIpc) is 2.60. The normalized spacial score (nSPS) is 10.6. The molecule has 1 aromatic carbocycles. The molecule has 0 spiro atoms. The van der Waals surface area contributed by atoms with Gasteiger partial charge in [-0.25, -0.2) is 4.68 Å². The molecule has 100 valence electrons. The van der Waals surface area contributed by atoms with Crippen molar-refractivity contribution in [1.29, 1.82) is 0 Å². The largest absolute Gasteiger partial charge is 0.437 e. The summed E-state index contributed by atoms with van der Waals surface area (Å²) in [5.74, 6) is 0.606. The molecule has 0 bridgehead atoms. The van der Waals surface area contributed by atoms with Crippen LogP contribution in [0.25, 0.3) is 0 Å². The first-order valence-electron chi connectivity index (χ1n) is 5.25. The maximum Gasteiger partial charge on any atom is 0.228 e. The van der Waals surface area contributed by atoms with Crippen molar-refractivity contribution in [2.45, 2.75) is 6.92 Å². The summed E-state index contributed by atoms with van der Waals surface area (Å²) in [6, 6.07) is 2.97. The van der Waals surface area contributed by atoms with E-state index in [1.807, 2.05) is 0 Å². The second-order valence-corrected chi connectivity index (χ2v) is 5.07. The maximum absolute atomic E-state index is 11.0. The Morgan fingerprint density at radius 2 is 1.84 bits per heavy atom. The van der Waals surface area contributed by atoms with Crippen molar-refractivity contribution in [3.8, 4) is 11.6 Å². The number of aldehydes is 1. The minimum Gasteiger partial charge on any atom is -0.437 e. The number of hydrogen-bond donors (Lipinski definition) is 0. The topological polar surface area (TPSA) is 44.1 Å². The lowest BCUT2D eigenvalue weighted by Gasteiger charge is -2.09. The van der Waals surface area contributed by atoms with Gasteiger partial charge in [-0.05, 0) is 13.0 Å². The predicted octanol–water partition coefficient (Wildman–Crippen LogP) is 4.29. The molecule has 1 heterocycles. The summed E-state index contributed by atoms with van der Waals surface area (Å²) in [4.78, 5) is 11.0. The van der Waals surface area contributed by atoms with Crippen LogP contribution in [0.4, 0.5) is 0 Å². The summed E-state index contributed by atoms with van der Waals surface area (Å²) in [7, 11) is 1.67. The van der Waals surface area contributed by atoms with Crippen LogP contribution in [-0.2, 0) is 7.05 Å². The van der Waals surface area contributed by atoms with Gasteiger partial charge in [0.1, 0.15) is 5.75 Å². The van der Waals surface area contributed by atoms with Crippen molar-refractivity contribution in [1.82, 2.24) is 9.78 Å². The minimum atomic E-state index is 0.296. The zero-order chi connectivity index (χ0) is 14.2. The van der Waals surface area contributed by atoms with E-state index in [1.165, 1.54) is 16.8 Å². The molecule has 0 saturated carbocycles. The molecule has 0 aliphatic carbocycles. The first kappa shape index (κ1) is 14.2. The monoisotopic (exact) mass is 318 g/mol. The van der Waals surface area contributed by atoms with E-state index in [9.17, 15) is 4.79 Å². The van der Waals surface area contributed by atoms with Gasteiger partial charge in [-0.3, -0.25) is 4.79 Å². The number of nitrogens with zero attached hydrogens (tertiary/aromatic N) is 2. The highest BCUT2D eigenvalue weighted by Crippen LogP contribution is 2.37. The van der Waals surface area contributed by atoms with E-state index in [1.54, 1.807) is 14.0 Å². The number of carbonyl (C=O) groups is 1. The van der Waals surface area contributed by atoms with E-state index in [0.717, 1.165) is 0 Å². The van der Waals surface area contributed by atoms with Crippen molar-refractivity contribution in [2.24, 2.45) is 7.05 Å². The molecule has 2 rings (SSSR count). The Hall–Kier alpha value is -1.23. The molecule has 1 aromatic heterocycles. The lowest BCUT2D eigenvalue weighted by Crippen LogP contribution is -1.97. The molecule has 19 heavy (non-hydrogen) atoms. The fraction of sp³-hybridized carbons (Fsp3) is 0.167. The number of carbonyl (C=O) groups excluding carboxylic acids is 1. The molecule has 0 N–H and O–H groups in total. The molecule has 0 unspecified atom stereocenters. The van der Waals surface area contributed by atoms with Crippen molar-refractivity contribution < 1.29 is 9.53 Å². The van der Waals surface area contributed by atoms with Crippen LogP contribution < -0.4 is 4.74 Å². The summed E-state index contributed by atoms with van der Waals surface area (Å²) in [6.07, 6.45) is 0.684. The van der Waals surface area contributed by atoms with Crippen molar-refractivity contribution in [2.75, 3.05) is 0 Å². The van der Waals surface area contributed by atoms with Crippen LogP contribution in [0.1, 0.15) is 16.1 Å². The van der Waals surface area contributed by atoms with Gasteiger partial charge in [0.2, 0.25) is 5.88 Å². The standard InChI is InChI=1S/C12H9Cl3N2O2/c1-6-7(5-18)12(17(2)16-6)19-11-4-9(14)8(13)3-10(11)15/h3-5H,1-2H3. The number of aromatic nitrogens is 2. The molecule has 0 aliphatic rings. The average molecular weight is 320 g/mol. The van der Waals surface area contributed by atoms with Gasteiger partial charge >= 0.3 is 0 Å². The summed E-state index contributed by atoms with van der Waals surface area (Å²) < 4.78 is 7.07. The predicted molar refractivity (Wildman–Crippen MR) is 74.9 cm³/mol. The van der Waals surface area contributed by atoms with Crippen LogP contribution in [-0.4, -0.2) is 16.1 Å². The zero-order valence-electron chi connectivity index (χ0n) is 10.1. The van der Waals surface area contributed by atoms with Gasteiger partial charge in [-0.1, -0.05) is 34.8 Å². The van der Waals surface area contributed by atoms with E-state index in [4.69, 9.17) is 39.5 Å². The Morgan fingerprint density at radius 3 is 2.47 bits per heavy atom. The van der Waals surface area contributed by atoms with Crippen molar-refractivity contribution in [3.63, 3.8) is 0 Å². The molecule has 0 aliphatic heterocycles. The number of benzene rings is 1. The quantitative estimate of drug-likeness (QED) is 0.626. The van der Waals surface area contributed by atoms with Crippen LogP contribution in [0.15, 0.2) is 12.1 Å². The minimum absolute atomic E-state index is 0.296. The van der Waals surface area contributed by atoms with E-state index in [-0.39, 0.29) is 0 Å². The maximum atomic E-state index is 11.0. The lowest BCUT2D eigenvalue weighted by atomic mass is 10.3. The summed E-state index contributed by atoms with van der Waals surface area (Å²) in [5.41, 5.74) is 0.938. The van der Waals surface area contributed by atoms with E-state index in [0.29, 0.717) is 44.2 Å². The Labute approximate surface area is 124 Å². The van der Waals surface area contributed by atoms with Crippen molar-refractivity contribution in [3.05, 3.63) is 38.5 Å². The molecular formula is C12H9Cl3N2O2. The Bertz CT molecular complexity index is 653. The van der Waals surface area contributed by atoms with Crippen LogP contribution in [0.3, 0.4) is 0 Å². The molecule has 2 aromatic rings. The Balaban J connectivity index is 2.47. The summed E-state index contributed by atoms with van der Waals surface area (Å²) in [6.45, 7) is 1.72. The molecule has 0 radical (unpaired) electrons. The molecule has 0 atom stereocenters. The zero-order valence-corrected chi connectivity index (χ0v) is 12.3. The fourth-order valence-electron chi connectivity index (χ4n) is 1.60. The second kappa shape index (κ2) is 5.41. The lowest BCUT2D eigenvalue weighted by molar-refractivity contribution is 0.112. The molecule has 7 heteroatoms. The molecular weight excluding hydrogens is 311 g/mol. The SMILES string of the molecule is Cc1nn(C)c(Oc2cc(Cl)c(Cl)cc2Cl)c1C=O. The van der Waals surface area contributed by atoms with E-state index < -0.39 is 0 Å². The molecule has 0 saturated heterocycles. The van der Waals surface area contributed by atoms with Gasteiger partial charge in [0.05, 0.1) is 26.3 Å². The Morgan fingerprint density at radius 1 is 1.21 bits per heavy atom. The summed E-state index contributed by atoms with van der Waals surface area (Å²) >= 11 is 17.8. The number of aryl methyl sites for hydroxylation is 2. The van der Waals surface area contributed by atoms with Gasteiger partial charge < -0.3 is 4.74 Å². The highest BCUT2D eigenvalue weighted by atomic mass is 35.5. The van der Waals surface area contributed by atoms with E-state index in [2.05, 4.69) is 5.10 Å². The van der Waals surface area contributed by atoms with E-state index >= 15 is 0 Å². The third kappa shape index (κ3) is 2.71. The highest BCUT2D eigenvalue weighted by molar-refractivity contribution is 6.43. The van der Waals surface area contributed by atoms with Gasteiger partial charge in [0.15, 0.2) is 6.29 Å². The van der Waals surface area contributed by atoms with Crippen molar-refractivity contribution >= 4 is 41.1 Å². The van der Waals surface area contributed by atoms with Crippen LogP contribution in [0.5, 0.6) is 11.6 Å². The fourth-order valence-corrected chi connectivity index (χ4v) is 2.17. The molecule has 4 nitrogen and oxygen atoms in total. The smallest absolute Gasteiger partial charge is 0.228 e. The Kier molecular flexibility index (Phi) is 4.04. The molecule has 0 amide bonds. The van der Waals surface area contributed by atoms with Gasteiger partial charge in [0, 0.05) is 13.1 Å². The molecule has 0 fully saturated rings. The van der Waals surface area contributed by atoms with Gasteiger partial charge in [-0.2, -0.15) is 5.10 Å². The van der Waals surface area contributed by atoms with Crippen LogP contribution in [0, 0.1) is 6.92 Å². The van der Waals surface area contributed by atoms with Gasteiger partial charge in [0.25, 0.3) is 0 Å². The summed E-state index contributed by atoms with van der Waals surface area (Å²) in [5, 5.41) is 5.04. The number of ether oxygens (including phenoxy) is 1. The number of hydrogen-bond acceptors (Lipinski definition) is 3. The first-order chi connectivity index (χ1) is 8.93. The third-order valence-corrected chi connectivity index (χ3v) is 3.53. The number of halogens is 3. The van der Waals surface area contributed by atoms with Crippen LogP contribution >= 0.6 is 34.8 Å². The second-order valence-electron chi connectivity index (χ2n) is 3.84. The van der Waals surface area contributed by atoms with Crippen LogP contribution in [0.2, 0.25) is 15.1 Å². The van der Waals surface area contributed by atoms with Gasteiger partial charge in [-0.15, -0.1) is 0 Å². The number of rotatable bonds is 3.